The second kappa shape index (κ2) is 10.7. The summed E-state index contributed by atoms with van der Waals surface area (Å²) in [5, 5.41) is 5.54. The molecule has 8 nitrogen and oxygen atoms in total. The van der Waals surface area contributed by atoms with Crippen LogP contribution in [0.4, 0.5) is 5.69 Å². The average Bonchev–Trinajstić information content (AvgIpc) is 2.68. The minimum Gasteiger partial charge on any atom is -0.355 e. The second-order valence-electron chi connectivity index (χ2n) is 7.51. The predicted molar refractivity (Wildman–Crippen MR) is 113 cm³/mol. The van der Waals surface area contributed by atoms with Gasteiger partial charge in [-0.15, -0.1) is 0 Å². The Hall–Kier alpha value is -1.97. The Morgan fingerprint density at radius 3 is 2.41 bits per heavy atom. The van der Waals surface area contributed by atoms with E-state index in [1.54, 1.807) is 24.1 Å². The quantitative estimate of drug-likeness (QED) is 0.627. The van der Waals surface area contributed by atoms with Crippen LogP contribution >= 0.6 is 0 Å². The van der Waals surface area contributed by atoms with Crippen LogP contribution < -0.4 is 10.6 Å². The summed E-state index contributed by atoms with van der Waals surface area (Å²) in [6, 6.07) is 4.80. The van der Waals surface area contributed by atoms with Crippen LogP contribution in [0.1, 0.15) is 38.2 Å². The van der Waals surface area contributed by atoms with Gasteiger partial charge in [0.1, 0.15) is 0 Å². The molecular formula is C20H32N4O4S. The maximum atomic E-state index is 12.9. The normalized spacial score (nSPS) is 15.3. The highest BCUT2D eigenvalue weighted by atomic mass is 32.2. The Balaban J connectivity index is 2.02. The van der Waals surface area contributed by atoms with E-state index in [0.717, 1.165) is 31.2 Å². The number of likely N-dealkylation sites (N-methyl/N-ethyl adjacent to an activating group) is 1. The van der Waals surface area contributed by atoms with Crippen LogP contribution in [-0.4, -0.2) is 69.2 Å². The first-order valence-electron chi connectivity index (χ1n) is 10.1. The van der Waals surface area contributed by atoms with Gasteiger partial charge in [-0.1, -0.05) is 19.4 Å². The molecule has 0 atom stereocenters. The molecule has 0 saturated carbocycles. The van der Waals surface area contributed by atoms with Crippen LogP contribution in [0.25, 0.3) is 0 Å². The molecule has 0 unspecified atom stereocenters. The van der Waals surface area contributed by atoms with E-state index < -0.39 is 10.0 Å². The lowest BCUT2D eigenvalue weighted by atomic mass is 10.2. The maximum Gasteiger partial charge on any atom is 0.243 e. The first-order chi connectivity index (χ1) is 13.7. The number of anilines is 1. The van der Waals surface area contributed by atoms with Crippen molar-refractivity contribution in [3.8, 4) is 0 Å². The van der Waals surface area contributed by atoms with Gasteiger partial charge >= 0.3 is 0 Å². The van der Waals surface area contributed by atoms with Crippen LogP contribution in [0.5, 0.6) is 0 Å². The molecule has 0 aliphatic carbocycles. The molecule has 1 aliphatic rings. The van der Waals surface area contributed by atoms with Crippen molar-refractivity contribution in [2.24, 2.45) is 0 Å². The number of piperidine rings is 1. The molecule has 0 aromatic heterocycles. The SMILES string of the molecule is CCCNC(=O)CN(C)CC(=O)Nc1cc(S(=O)(=O)N2CCCCC2)ccc1C. The molecule has 1 aromatic carbocycles. The van der Waals surface area contributed by atoms with Crippen LogP contribution in [0.3, 0.4) is 0 Å². The molecular weight excluding hydrogens is 392 g/mol. The van der Waals surface area contributed by atoms with E-state index in [2.05, 4.69) is 10.6 Å². The summed E-state index contributed by atoms with van der Waals surface area (Å²) in [6.07, 6.45) is 3.64. The van der Waals surface area contributed by atoms with Gasteiger partial charge in [-0.3, -0.25) is 14.5 Å². The fourth-order valence-corrected chi connectivity index (χ4v) is 4.75. The molecule has 1 heterocycles. The number of aryl methyl sites for hydroxylation is 1. The molecule has 0 spiro atoms. The Morgan fingerprint density at radius 2 is 1.76 bits per heavy atom. The summed E-state index contributed by atoms with van der Waals surface area (Å²) in [6.45, 7) is 5.61. The van der Waals surface area contributed by atoms with Gasteiger partial charge in [0.2, 0.25) is 21.8 Å². The van der Waals surface area contributed by atoms with E-state index in [9.17, 15) is 18.0 Å². The number of nitrogens with one attached hydrogen (secondary N) is 2. The molecule has 2 amide bonds. The summed E-state index contributed by atoms with van der Waals surface area (Å²) >= 11 is 0. The molecule has 9 heteroatoms. The monoisotopic (exact) mass is 424 g/mol. The molecule has 0 bridgehead atoms. The van der Waals surface area contributed by atoms with E-state index in [-0.39, 0.29) is 29.8 Å². The standard InChI is InChI=1S/C20H32N4O4S/c1-4-10-21-19(25)14-23(3)15-20(26)22-18-13-17(9-8-16(18)2)29(27,28)24-11-6-5-7-12-24/h8-9,13H,4-7,10-12,14-15H2,1-3H3,(H,21,25)(H,22,26). The Labute approximate surface area is 173 Å². The first-order valence-corrected chi connectivity index (χ1v) is 11.5. The van der Waals surface area contributed by atoms with E-state index in [1.165, 1.54) is 10.4 Å². The van der Waals surface area contributed by atoms with E-state index in [1.807, 2.05) is 13.8 Å². The van der Waals surface area contributed by atoms with Gasteiger partial charge in [-0.05, 0) is 50.9 Å². The third kappa shape index (κ3) is 6.80. The summed E-state index contributed by atoms with van der Waals surface area (Å²) in [4.78, 5) is 25.9. The molecule has 1 fully saturated rings. The smallest absolute Gasteiger partial charge is 0.243 e. The zero-order chi connectivity index (χ0) is 21.4. The van der Waals surface area contributed by atoms with E-state index >= 15 is 0 Å². The Morgan fingerprint density at radius 1 is 1.10 bits per heavy atom. The summed E-state index contributed by atoms with van der Waals surface area (Å²) in [5.74, 6) is -0.431. The van der Waals surface area contributed by atoms with Gasteiger partial charge in [0.05, 0.1) is 18.0 Å². The summed E-state index contributed by atoms with van der Waals surface area (Å²) in [5.41, 5.74) is 1.25. The summed E-state index contributed by atoms with van der Waals surface area (Å²) in [7, 11) is -1.88. The van der Waals surface area contributed by atoms with Crippen molar-refractivity contribution in [2.45, 2.75) is 44.4 Å². The predicted octanol–water partition coefficient (Wildman–Crippen LogP) is 1.57. The van der Waals surface area contributed by atoms with Gasteiger partial charge in [-0.2, -0.15) is 4.31 Å². The van der Waals surface area contributed by atoms with Crippen molar-refractivity contribution in [3.05, 3.63) is 23.8 Å². The third-order valence-corrected chi connectivity index (χ3v) is 6.73. The van der Waals surface area contributed by atoms with Crippen LogP contribution in [0.15, 0.2) is 23.1 Å². The highest BCUT2D eigenvalue weighted by Crippen LogP contribution is 2.25. The maximum absolute atomic E-state index is 12.9. The van der Waals surface area contributed by atoms with Crippen molar-refractivity contribution < 1.29 is 18.0 Å². The largest absolute Gasteiger partial charge is 0.355 e. The average molecular weight is 425 g/mol. The highest BCUT2D eigenvalue weighted by molar-refractivity contribution is 7.89. The molecule has 2 rings (SSSR count). The fraction of sp³-hybridized carbons (Fsp3) is 0.600. The number of sulfonamides is 1. The van der Waals surface area contributed by atoms with Gasteiger partial charge in [0, 0.05) is 25.3 Å². The first kappa shape index (κ1) is 23.3. The zero-order valence-electron chi connectivity index (χ0n) is 17.5. The lowest BCUT2D eigenvalue weighted by Crippen LogP contribution is -2.39. The van der Waals surface area contributed by atoms with Crippen LogP contribution in [-0.2, 0) is 19.6 Å². The lowest BCUT2D eigenvalue weighted by molar-refractivity contribution is -0.122. The minimum atomic E-state index is -3.57. The molecule has 1 saturated heterocycles. The van der Waals surface area contributed by atoms with Gasteiger partial charge in [0.25, 0.3) is 0 Å². The number of benzene rings is 1. The molecule has 0 radical (unpaired) electrons. The number of amides is 2. The van der Waals surface area contributed by atoms with Gasteiger partial charge in [-0.25, -0.2) is 8.42 Å². The van der Waals surface area contributed by atoms with E-state index in [0.29, 0.717) is 25.3 Å². The number of hydrogen-bond acceptors (Lipinski definition) is 5. The molecule has 162 valence electrons. The lowest BCUT2D eigenvalue weighted by Gasteiger charge is -2.26. The second-order valence-corrected chi connectivity index (χ2v) is 9.45. The van der Waals surface area contributed by atoms with Gasteiger partial charge < -0.3 is 10.6 Å². The molecule has 29 heavy (non-hydrogen) atoms. The number of hydrogen-bond donors (Lipinski definition) is 2. The van der Waals surface area contributed by atoms with Crippen molar-refractivity contribution in [1.82, 2.24) is 14.5 Å². The minimum absolute atomic E-state index is 0.0298. The zero-order valence-corrected chi connectivity index (χ0v) is 18.3. The highest BCUT2D eigenvalue weighted by Gasteiger charge is 2.26. The van der Waals surface area contributed by atoms with Gasteiger partial charge in [0.15, 0.2) is 0 Å². The van der Waals surface area contributed by atoms with E-state index in [4.69, 9.17) is 0 Å². The number of rotatable bonds is 9. The van der Waals surface area contributed by atoms with Crippen molar-refractivity contribution in [3.63, 3.8) is 0 Å². The number of carbonyl (C=O) groups is 2. The van der Waals surface area contributed by atoms with Crippen LogP contribution in [0.2, 0.25) is 0 Å². The van der Waals surface area contributed by atoms with Crippen LogP contribution in [0, 0.1) is 6.92 Å². The number of carbonyl (C=O) groups excluding carboxylic acids is 2. The topological polar surface area (TPSA) is 98.8 Å². The molecule has 1 aliphatic heterocycles. The third-order valence-electron chi connectivity index (χ3n) is 4.84. The Bertz CT molecular complexity index is 820. The molecule has 1 aromatic rings. The number of nitrogens with zero attached hydrogens (tertiary/aromatic N) is 2. The fourth-order valence-electron chi connectivity index (χ4n) is 3.21. The van der Waals surface area contributed by atoms with Crippen molar-refractivity contribution in [1.29, 1.82) is 0 Å². The van der Waals surface area contributed by atoms with Crippen molar-refractivity contribution in [2.75, 3.05) is 45.1 Å². The molecule has 2 N–H and O–H groups in total. The Kier molecular flexibility index (Phi) is 8.60. The van der Waals surface area contributed by atoms with Crippen molar-refractivity contribution >= 4 is 27.5 Å². The summed E-state index contributed by atoms with van der Waals surface area (Å²) < 4.78 is 27.3.